The van der Waals surface area contributed by atoms with E-state index in [0.717, 1.165) is 5.70 Å². The van der Waals surface area contributed by atoms with Crippen LogP contribution in [0.2, 0.25) is 0 Å². The molecule has 1 saturated heterocycles. The Kier molecular flexibility index (Phi) is 3.76. The summed E-state index contributed by atoms with van der Waals surface area (Å²) in [6.45, 7) is 6.75. The summed E-state index contributed by atoms with van der Waals surface area (Å²) in [7, 11) is 2.04. The van der Waals surface area contributed by atoms with Gasteiger partial charge in [0.05, 0.1) is 0 Å². The highest BCUT2D eigenvalue weighted by molar-refractivity contribution is 7.80. The molecular weight excluding hydrogens is 308 g/mol. The fourth-order valence-electron chi connectivity index (χ4n) is 3.24. The molecule has 1 aromatic carbocycles. The van der Waals surface area contributed by atoms with Crippen molar-refractivity contribution in [1.29, 1.82) is 0 Å². The zero-order valence-corrected chi connectivity index (χ0v) is 14.6. The van der Waals surface area contributed by atoms with Gasteiger partial charge in [-0.2, -0.15) is 0 Å². The molecule has 0 bridgehead atoms. The highest BCUT2D eigenvalue weighted by Crippen LogP contribution is 2.46. The molecule has 2 aliphatic heterocycles. The number of nitrogens with zero attached hydrogens (tertiary/aromatic N) is 2. The van der Waals surface area contributed by atoms with Gasteiger partial charge in [0.2, 0.25) is 0 Å². The van der Waals surface area contributed by atoms with Crippen molar-refractivity contribution in [1.82, 2.24) is 4.90 Å². The zero-order chi connectivity index (χ0) is 16.8. The van der Waals surface area contributed by atoms with Crippen molar-refractivity contribution in [3.63, 3.8) is 0 Å². The number of carbonyl (C=O) groups is 1. The molecule has 1 aromatic rings. The molecule has 0 radical (unpaired) electrons. The largest absolute Gasteiger partial charge is 0.426 e. The van der Waals surface area contributed by atoms with Crippen LogP contribution >= 0.6 is 12.2 Å². The summed E-state index contributed by atoms with van der Waals surface area (Å²) in [5.41, 5.74) is 3.45. The molecule has 0 saturated carbocycles. The topological polar surface area (TPSA) is 32.8 Å². The van der Waals surface area contributed by atoms with E-state index in [4.69, 9.17) is 17.0 Å². The quantitative estimate of drug-likeness (QED) is 0.616. The SMILES string of the molecule is CCN1C(=O)C(=CC=C2N(C)c3ccccc3C2(C)C)OC1=S. The first-order valence-corrected chi connectivity index (χ1v) is 8.08. The summed E-state index contributed by atoms with van der Waals surface area (Å²) < 4.78 is 5.42. The monoisotopic (exact) mass is 328 g/mol. The average molecular weight is 328 g/mol. The molecular formula is C18H20N2O2S. The van der Waals surface area contributed by atoms with Crippen molar-refractivity contribution in [3.05, 3.63) is 53.4 Å². The van der Waals surface area contributed by atoms with E-state index in [0.29, 0.717) is 6.54 Å². The fraction of sp³-hybridized carbons (Fsp3) is 0.333. The number of para-hydroxylation sites is 1. The summed E-state index contributed by atoms with van der Waals surface area (Å²) in [4.78, 5) is 15.8. The molecule has 4 nitrogen and oxygen atoms in total. The Morgan fingerprint density at radius 2 is 1.96 bits per heavy atom. The van der Waals surface area contributed by atoms with Gasteiger partial charge in [0, 0.05) is 30.4 Å². The Bertz CT molecular complexity index is 749. The summed E-state index contributed by atoms with van der Waals surface area (Å²) in [6.07, 6.45) is 3.68. The van der Waals surface area contributed by atoms with Gasteiger partial charge in [0.15, 0.2) is 5.76 Å². The molecule has 3 rings (SSSR count). The highest BCUT2D eigenvalue weighted by Gasteiger charge is 2.38. The Labute approximate surface area is 142 Å². The summed E-state index contributed by atoms with van der Waals surface area (Å²) in [6, 6.07) is 8.34. The fourth-order valence-corrected chi connectivity index (χ4v) is 3.54. The predicted octanol–water partition coefficient (Wildman–Crippen LogP) is 3.35. The van der Waals surface area contributed by atoms with Gasteiger partial charge in [-0.3, -0.25) is 9.69 Å². The minimum absolute atomic E-state index is 0.130. The van der Waals surface area contributed by atoms with Crippen LogP contribution in [0.15, 0.2) is 47.9 Å². The maximum absolute atomic E-state index is 12.2. The molecule has 120 valence electrons. The Morgan fingerprint density at radius 1 is 1.26 bits per heavy atom. The second-order valence-electron chi connectivity index (χ2n) is 6.20. The number of amides is 1. The summed E-state index contributed by atoms with van der Waals surface area (Å²) >= 11 is 5.08. The smallest absolute Gasteiger partial charge is 0.297 e. The van der Waals surface area contributed by atoms with Crippen LogP contribution in [-0.2, 0) is 14.9 Å². The molecule has 0 aliphatic carbocycles. The molecule has 2 heterocycles. The van der Waals surface area contributed by atoms with Gasteiger partial charge in [-0.05, 0) is 42.9 Å². The average Bonchev–Trinajstić information content (AvgIpc) is 2.90. The normalized spacial score (nSPS) is 23.0. The number of hydrogen-bond acceptors (Lipinski definition) is 4. The highest BCUT2D eigenvalue weighted by atomic mass is 32.1. The van der Waals surface area contributed by atoms with E-state index < -0.39 is 0 Å². The van der Waals surface area contributed by atoms with Gasteiger partial charge in [0.25, 0.3) is 11.1 Å². The Balaban J connectivity index is 1.97. The van der Waals surface area contributed by atoms with Gasteiger partial charge in [0.1, 0.15) is 0 Å². The van der Waals surface area contributed by atoms with E-state index in [-0.39, 0.29) is 22.3 Å². The molecule has 0 N–H and O–H groups in total. The first-order valence-electron chi connectivity index (χ1n) is 7.67. The van der Waals surface area contributed by atoms with Crippen LogP contribution in [0.1, 0.15) is 26.3 Å². The third-order valence-electron chi connectivity index (χ3n) is 4.52. The molecule has 23 heavy (non-hydrogen) atoms. The van der Waals surface area contributed by atoms with Crippen molar-refractivity contribution in [2.75, 3.05) is 18.5 Å². The number of allylic oxidation sites excluding steroid dienone is 3. The first-order chi connectivity index (χ1) is 10.9. The van der Waals surface area contributed by atoms with Crippen LogP contribution in [0.25, 0.3) is 0 Å². The van der Waals surface area contributed by atoms with Crippen molar-refractivity contribution < 1.29 is 9.53 Å². The van der Waals surface area contributed by atoms with Gasteiger partial charge < -0.3 is 9.64 Å². The molecule has 0 atom stereocenters. The van der Waals surface area contributed by atoms with Crippen LogP contribution in [0, 0.1) is 0 Å². The molecule has 0 aromatic heterocycles. The molecule has 0 unspecified atom stereocenters. The minimum atomic E-state index is -0.176. The van der Waals surface area contributed by atoms with Crippen molar-refractivity contribution in [2.45, 2.75) is 26.2 Å². The maximum atomic E-state index is 12.2. The van der Waals surface area contributed by atoms with Crippen molar-refractivity contribution >= 4 is 29.0 Å². The molecule has 2 aliphatic rings. The molecule has 0 spiro atoms. The van der Waals surface area contributed by atoms with E-state index in [1.807, 2.05) is 26.1 Å². The molecule has 1 amide bonds. The Hall–Kier alpha value is -2.14. The third kappa shape index (κ3) is 2.36. The molecule has 1 fully saturated rings. The third-order valence-corrected chi connectivity index (χ3v) is 4.83. The van der Waals surface area contributed by atoms with Crippen LogP contribution in [0.3, 0.4) is 0 Å². The number of ether oxygens (including phenoxy) is 1. The van der Waals surface area contributed by atoms with Crippen LogP contribution in [0.5, 0.6) is 0 Å². The first kappa shape index (κ1) is 15.7. The van der Waals surface area contributed by atoms with Crippen molar-refractivity contribution in [2.24, 2.45) is 0 Å². The lowest BCUT2D eigenvalue weighted by Crippen LogP contribution is -2.27. The summed E-state index contributed by atoms with van der Waals surface area (Å²) in [5, 5.41) is 0.226. The van der Waals surface area contributed by atoms with E-state index in [9.17, 15) is 4.79 Å². The second-order valence-corrected chi connectivity index (χ2v) is 6.55. The van der Waals surface area contributed by atoms with Gasteiger partial charge in [-0.1, -0.05) is 32.0 Å². The second kappa shape index (κ2) is 5.49. The number of fused-ring (bicyclic) bond motifs is 1. The number of hydrogen-bond donors (Lipinski definition) is 0. The maximum Gasteiger partial charge on any atom is 0.297 e. The standard InChI is InChI=1S/C18H20N2O2S/c1-5-20-16(21)14(22-17(20)23)10-11-15-18(2,3)12-8-6-7-9-13(12)19(15)4/h6-11H,5H2,1-4H3. The van der Waals surface area contributed by atoms with E-state index >= 15 is 0 Å². The van der Waals surface area contributed by atoms with Crippen LogP contribution in [0.4, 0.5) is 5.69 Å². The zero-order valence-electron chi connectivity index (χ0n) is 13.8. The number of rotatable bonds is 2. The van der Waals surface area contributed by atoms with E-state index in [1.54, 1.807) is 6.08 Å². The predicted molar refractivity (Wildman–Crippen MR) is 95.1 cm³/mol. The lowest BCUT2D eigenvalue weighted by Gasteiger charge is -2.23. The van der Waals surface area contributed by atoms with Crippen molar-refractivity contribution in [3.8, 4) is 0 Å². The lowest BCUT2D eigenvalue weighted by atomic mass is 9.84. The summed E-state index contributed by atoms with van der Waals surface area (Å²) in [5.74, 6) is 0.106. The minimum Gasteiger partial charge on any atom is -0.426 e. The lowest BCUT2D eigenvalue weighted by molar-refractivity contribution is -0.122. The number of thiocarbonyl (C=S) groups is 1. The van der Waals surface area contributed by atoms with E-state index in [1.165, 1.54) is 16.2 Å². The number of benzene rings is 1. The number of likely N-dealkylation sites (N-methyl/N-ethyl adjacent to an activating group) is 2. The van der Waals surface area contributed by atoms with Crippen LogP contribution in [-0.4, -0.2) is 29.6 Å². The number of anilines is 1. The van der Waals surface area contributed by atoms with E-state index in [2.05, 4.69) is 36.9 Å². The van der Waals surface area contributed by atoms with Crippen LogP contribution < -0.4 is 4.90 Å². The van der Waals surface area contributed by atoms with Gasteiger partial charge >= 0.3 is 0 Å². The number of carbonyl (C=O) groups excluding carboxylic acids is 1. The Morgan fingerprint density at radius 3 is 2.57 bits per heavy atom. The van der Waals surface area contributed by atoms with Gasteiger partial charge in [-0.15, -0.1) is 0 Å². The van der Waals surface area contributed by atoms with Gasteiger partial charge in [-0.25, -0.2) is 0 Å². The molecule has 5 heteroatoms.